The van der Waals surface area contributed by atoms with Crippen LogP contribution in [0.3, 0.4) is 0 Å². The highest BCUT2D eigenvalue weighted by molar-refractivity contribution is 9.10. The highest BCUT2D eigenvalue weighted by Crippen LogP contribution is 2.15. The molecule has 6 heteroatoms. The second-order valence-corrected chi connectivity index (χ2v) is 5.53. The van der Waals surface area contributed by atoms with Gasteiger partial charge in [0.25, 0.3) is 5.91 Å². The van der Waals surface area contributed by atoms with Crippen LogP contribution in [0.15, 0.2) is 58.1 Å². The van der Waals surface area contributed by atoms with Crippen molar-refractivity contribution in [2.75, 3.05) is 0 Å². The maximum absolute atomic E-state index is 11.1. The fourth-order valence-electron chi connectivity index (χ4n) is 1.69. The maximum Gasteiger partial charge on any atom is 0.254 e. The van der Waals surface area contributed by atoms with Gasteiger partial charge >= 0.3 is 0 Å². The molecule has 0 heterocycles. The third-order valence-corrected chi connectivity index (χ3v) is 3.37. The van der Waals surface area contributed by atoms with Gasteiger partial charge < -0.3 is 4.74 Å². The van der Waals surface area contributed by atoms with Crippen LogP contribution < -0.4 is 10.2 Å². The molecule has 0 aromatic heterocycles. The van der Waals surface area contributed by atoms with Crippen molar-refractivity contribution in [1.82, 2.24) is 5.43 Å². The number of carbonyl (C=O) groups is 1. The van der Waals surface area contributed by atoms with E-state index >= 15 is 0 Å². The van der Waals surface area contributed by atoms with Gasteiger partial charge in [-0.3, -0.25) is 4.79 Å². The second-order valence-electron chi connectivity index (χ2n) is 4.61. The minimum atomic E-state index is -0.432. The van der Waals surface area contributed by atoms with Gasteiger partial charge in [-0.25, -0.2) is 5.43 Å². The van der Waals surface area contributed by atoms with E-state index in [1.807, 2.05) is 48.5 Å². The summed E-state index contributed by atoms with van der Waals surface area (Å²) in [6.07, 6.45) is 1.30. The summed E-state index contributed by atoms with van der Waals surface area (Å²) in [5.74, 6) is 0.316. The number of ether oxygens (including phenoxy) is 1. The molecule has 2 aromatic rings. The number of amides is 1. The minimum Gasteiger partial charge on any atom is -0.489 e. The molecule has 2 rings (SSSR count). The van der Waals surface area contributed by atoms with Gasteiger partial charge in [0.15, 0.2) is 0 Å². The lowest BCUT2D eigenvalue weighted by Crippen LogP contribution is -2.16. The van der Waals surface area contributed by atoms with E-state index in [2.05, 4.69) is 26.5 Å². The SMILES string of the molecule is N#CCC(=O)N/N=C/c1ccc(OCc2ccc(Br)cc2)cc1. The molecule has 2 aromatic carbocycles. The molecular formula is C17H14BrN3O2. The molecule has 23 heavy (non-hydrogen) atoms. The van der Waals surface area contributed by atoms with E-state index in [0.29, 0.717) is 6.61 Å². The smallest absolute Gasteiger partial charge is 0.254 e. The summed E-state index contributed by atoms with van der Waals surface area (Å²) < 4.78 is 6.73. The summed E-state index contributed by atoms with van der Waals surface area (Å²) in [4.78, 5) is 11.1. The summed E-state index contributed by atoms with van der Waals surface area (Å²) >= 11 is 3.39. The molecule has 0 saturated carbocycles. The van der Waals surface area contributed by atoms with Crippen LogP contribution >= 0.6 is 15.9 Å². The molecule has 0 aliphatic heterocycles. The first-order valence-electron chi connectivity index (χ1n) is 6.83. The Morgan fingerprint density at radius 3 is 2.57 bits per heavy atom. The highest BCUT2D eigenvalue weighted by Gasteiger charge is 1.98. The molecule has 0 unspecified atom stereocenters. The average Bonchev–Trinajstić information content (AvgIpc) is 2.56. The van der Waals surface area contributed by atoms with Crippen molar-refractivity contribution in [3.63, 3.8) is 0 Å². The minimum absolute atomic E-state index is 0.208. The molecule has 0 aliphatic rings. The van der Waals surface area contributed by atoms with Crippen LogP contribution in [-0.4, -0.2) is 12.1 Å². The average molecular weight is 372 g/mol. The monoisotopic (exact) mass is 371 g/mol. The Bertz CT molecular complexity index is 719. The van der Waals surface area contributed by atoms with Gasteiger partial charge in [0.05, 0.1) is 12.3 Å². The molecule has 0 bridgehead atoms. The largest absolute Gasteiger partial charge is 0.489 e. The molecule has 1 amide bonds. The highest BCUT2D eigenvalue weighted by atomic mass is 79.9. The Labute approximate surface area is 142 Å². The lowest BCUT2D eigenvalue weighted by Gasteiger charge is -2.06. The standard InChI is InChI=1S/C17H14BrN3O2/c18-15-5-1-14(2-6-15)12-23-16-7-3-13(4-8-16)11-20-21-17(22)9-10-19/h1-8,11H,9,12H2,(H,21,22)/b20-11+. The lowest BCUT2D eigenvalue weighted by molar-refractivity contribution is -0.120. The number of hydrogen-bond donors (Lipinski definition) is 1. The number of hydrazone groups is 1. The van der Waals surface area contributed by atoms with Crippen molar-refractivity contribution < 1.29 is 9.53 Å². The molecule has 116 valence electrons. The zero-order chi connectivity index (χ0) is 16.5. The Kier molecular flexibility index (Phi) is 6.33. The van der Waals surface area contributed by atoms with Crippen molar-refractivity contribution >= 4 is 28.1 Å². The number of hydrogen-bond acceptors (Lipinski definition) is 4. The van der Waals surface area contributed by atoms with Gasteiger partial charge in [-0.2, -0.15) is 10.4 Å². The van der Waals surface area contributed by atoms with Gasteiger partial charge in [0.1, 0.15) is 18.8 Å². The lowest BCUT2D eigenvalue weighted by atomic mass is 10.2. The van der Waals surface area contributed by atoms with Crippen molar-refractivity contribution in [3.8, 4) is 11.8 Å². The van der Waals surface area contributed by atoms with Crippen LogP contribution in [0.25, 0.3) is 0 Å². The van der Waals surface area contributed by atoms with E-state index in [1.54, 1.807) is 6.07 Å². The van der Waals surface area contributed by atoms with Crippen molar-refractivity contribution in [2.24, 2.45) is 5.10 Å². The van der Waals surface area contributed by atoms with E-state index in [-0.39, 0.29) is 6.42 Å². The first kappa shape index (κ1) is 16.7. The molecule has 0 atom stereocenters. The van der Waals surface area contributed by atoms with Crippen LogP contribution in [0.5, 0.6) is 5.75 Å². The Balaban J connectivity index is 1.84. The van der Waals surface area contributed by atoms with Crippen molar-refractivity contribution in [3.05, 3.63) is 64.1 Å². The van der Waals surface area contributed by atoms with Gasteiger partial charge in [-0.05, 0) is 47.5 Å². The van der Waals surface area contributed by atoms with Crippen molar-refractivity contribution in [1.29, 1.82) is 5.26 Å². The molecule has 0 radical (unpaired) electrons. The van der Waals surface area contributed by atoms with Gasteiger partial charge in [0, 0.05) is 4.47 Å². The third-order valence-electron chi connectivity index (χ3n) is 2.84. The van der Waals surface area contributed by atoms with Gasteiger partial charge in [-0.15, -0.1) is 0 Å². The number of rotatable bonds is 6. The Morgan fingerprint density at radius 1 is 1.22 bits per heavy atom. The molecule has 1 N–H and O–H groups in total. The second kappa shape index (κ2) is 8.71. The fraction of sp³-hybridized carbons (Fsp3) is 0.118. The van der Waals surface area contributed by atoms with Crippen LogP contribution in [-0.2, 0) is 11.4 Å². The van der Waals surface area contributed by atoms with E-state index in [9.17, 15) is 4.79 Å². The van der Waals surface area contributed by atoms with Crippen LogP contribution in [0.2, 0.25) is 0 Å². The third kappa shape index (κ3) is 5.93. The zero-order valence-corrected chi connectivity index (χ0v) is 13.8. The summed E-state index contributed by atoms with van der Waals surface area (Å²) in [6.45, 7) is 0.491. The van der Waals surface area contributed by atoms with Gasteiger partial charge in [-0.1, -0.05) is 28.1 Å². The normalized spacial score (nSPS) is 10.3. The van der Waals surface area contributed by atoms with Crippen LogP contribution in [0.1, 0.15) is 17.5 Å². The fourth-order valence-corrected chi connectivity index (χ4v) is 1.95. The topological polar surface area (TPSA) is 74.5 Å². The molecule has 0 fully saturated rings. The van der Waals surface area contributed by atoms with Gasteiger partial charge in [0.2, 0.25) is 0 Å². The number of nitrogens with zero attached hydrogens (tertiary/aromatic N) is 2. The molecule has 0 spiro atoms. The van der Waals surface area contributed by atoms with E-state index in [4.69, 9.17) is 10.00 Å². The molecule has 0 saturated heterocycles. The Morgan fingerprint density at radius 2 is 1.91 bits per heavy atom. The number of nitriles is 1. The predicted octanol–water partition coefficient (Wildman–Crippen LogP) is 3.39. The molecule has 0 aliphatic carbocycles. The number of nitrogens with one attached hydrogen (secondary N) is 1. The number of benzene rings is 2. The first-order valence-corrected chi connectivity index (χ1v) is 7.63. The van der Waals surface area contributed by atoms with E-state index in [0.717, 1.165) is 21.3 Å². The molecular weight excluding hydrogens is 358 g/mol. The summed E-state index contributed by atoms with van der Waals surface area (Å²) in [7, 11) is 0. The quantitative estimate of drug-likeness (QED) is 0.624. The summed E-state index contributed by atoms with van der Waals surface area (Å²) in [6, 6.07) is 17.0. The van der Waals surface area contributed by atoms with Crippen LogP contribution in [0, 0.1) is 11.3 Å². The Hall–Kier alpha value is -2.65. The first-order chi connectivity index (χ1) is 11.2. The van der Waals surface area contributed by atoms with E-state index < -0.39 is 5.91 Å². The predicted molar refractivity (Wildman–Crippen MR) is 90.9 cm³/mol. The van der Waals surface area contributed by atoms with Crippen LogP contribution in [0.4, 0.5) is 0 Å². The van der Waals surface area contributed by atoms with Crippen molar-refractivity contribution in [2.45, 2.75) is 13.0 Å². The summed E-state index contributed by atoms with van der Waals surface area (Å²) in [5, 5.41) is 12.1. The molecule has 5 nitrogen and oxygen atoms in total. The zero-order valence-electron chi connectivity index (χ0n) is 12.2. The number of halogens is 1. The summed E-state index contributed by atoms with van der Waals surface area (Å²) in [5.41, 5.74) is 4.17. The number of carbonyl (C=O) groups excluding carboxylic acids is 1. The van der Waals surface area contributed by atoms with E-state index in [1.165, 1.54) is 6.21 Å². The maximum atomic E-state index is 11.1.